The lowest BCUT2D eigenvalue weighted by Crippen LogP contribution is -2.38. The second-order valence-corrected chi connectivity index (χ2v) is 4.42. The van der Waals surface area contributed by atoms with E-state index in [1.165, 1.54) is 0 Å². The normalized spacial score (nSPS) is 11.1. The van der Waals surface area contributed by atoms with Gasteiger partial charge in [-0.3, -0.25) is 9.59 Å². The summed E-state index contributed by atoms with van der Waals surface area (Å²) in [5, 5.41) is 6.01. The molecule has 0 aliphatic carbocycles. The highest BCUT2D eigenvalue weighted by molar-refractivity contribution is 5.97. The summed E-state index contributed by atoms with van der Waals surface area (Å²) < 4.78 is 5.22. The summed E-state index contributed by atoms with van der Waals surface area (Å²) >= 11 is 0. The number of halogens is 1. The average Bonchev–Trinajstić information content (AvgIpc) is 2.43. The van der Waals surface area contributed by atoms with Crippen LogP contribution in [0.2, 0.25) is 0 Å². The van der Waals surface area contributed by atoms with E-state index in [0.717, 1.165) is 6.54 Å². The van der Waals surface area contributed by atoms with Crippen LogP contribution >= 0.6 is 12.4 Å². The molecule has 6 nitrogen and oxygen atoms in total. The Kier molecular flexibility index (Phi) is 9.16. The first-order valence-corrected chi connectivity index (χ1v) is 6.56. The van der Waals surface area contributed by atoms with Gasteiger partial charge < -0.3 is 21.1 Å². The molecular formula is C14H22ClN3O3. The van der Waals surface area contributed by atoms with Crippen LogP contribution < -0.4 is 21.1 Å². The number of hydrogen-bond donors (Lipinski definition) is 3. The van der Waals surface area contributed by atoms with E-state index >= 15 is 0 Å². The SMILES string of the molecule is CCN[C@H](C)CNC(=O)c1ccccc1OCC(N)=O.Cl. The lowest BCUT2D eigenvalue weighted by Gasteiger charge is -2.14. The molecule has 0 aliphatic heterocycles. The third-order valence-electron chi connectivity index (χ3n) is 2.62. The molecule has 0 unspecified atom stereocenters. The quantitative estimate of drug-likeness (QED) is 0.658. The first kappa shape index (κ1) is 19.2. The molecule has 1 aromatic carbocycles. The highest BCUT2D eigenvalue weighted by Crippen LogP contribution is 2.17. The van der Waals surface area contributed by atoms with Crippen LogP contribution in [0.3, 0.4) is 0 Å². The van der Waals surface area contributed by atoms with Crippen LogP contribution in [0.15, 0.2) is 24.3 Å². The number of carbonyl (C=O) groups is 2. The van der Waals surface area contributed by atoms with Gasteiger partial charge in [-0.1, -0.05) is 19.1 Å². The summed E-state index contributed by atoms with van der Waals surface area (Å²) in [6.45, 7) is 5.09. The number of carbonyl (C=O) groups excluding carboxylic acids is 2. The summed E-state index contributed by atoms with van der Waals surface area (Å²) in [6.07, 6.45) is 0. The number of para-hydroxylation sites is 1. The number of hydrogen-bond acceptors (Lipinski definition) is 4. The van der Waals surface area contributed by atoms with E-state index in [9.17, 15) is 9.59 Å². The van der Waals surface area contributed by atoms with Gasteiger partial charge in [-0.05, 0) is 25.6 Å². The number of nitrogens with two attached hydrogens (primary N) is 1. The molecule has 118 valence electrons. The molecule has 0 saturated carbocycles. The minimum Gasteiger partial charge on any atom is -0.483 e. The van der Waals surface area contributed by atoms with Gasteiger partial charge in [0.1, 0.15) is 5.75 Å². The van der Waals surface area contributed by atoms with Crippen LogP contribution in [-0.4, -0.2) is 37.6 Å². The van der Waals surface area contributed by atoms with Crippen molar-refractivity contribution in [3.05, 3.63) is 29.8 Å². The number of primary amides is 1. The molecule has 1 aromatic rings. The van der Waals surface area contributed by atoms with Crippen LogP contribution in [0.25, 0.3) is 0 Å². The molecule has 0 bridgehead atoms. The van der Waals surface area contributed by atoms with Crippen molar-refractivity contribution in [2.24, 2.45) is 5.73 Å². The predicted molar refractivity (Wildman–Crippen MR) is 83.9 cm³/mol. The molecule has 0 saturated heterocycles. The monoisotopic (exact) mass is 315 g/mol. The van der Waals surface area contributed by atoms with Crippen LogP contribution in [0.5, 0.6) is 5.75 Å². The molecule has 0 aliphatic rings. The van der Waals surface area contributed by atoms with Crippen molar-refractivity contribution in [1.82, 2.24) is 10.6 Å². The van der Waals surface area contributed by atoms with Crippen molar-refractivity contribution < 1.29 is 14.3 Å². The van der Waals surface area contributed by atoms with E-state index in [0.29, 0.717) is 17.9 Å². The maximum atomic E-state index is 12.1. The highest BCUT2D eigenvalue weighted by Gasteiger charge is 2.13. The Bertz CT molecular complexity index is 469. The predicted octanol–water partition coefficient (Wildman–Crippen LogP) is 0.700. The topological polar surface area (TPSA) is 93.4 Å². The van der Waals surface area contributed by atoms with Crippen molar-refractivity contribution in [2.75, 3.05) is 19.7 Å². The first-order valence-electron chi connectivity index (χ1n) is 6.56. The highest BCUT2D eigenvalue weighted by atomic mass is 35.5. The Morgan fingerprint density at radius 1 is 1.33 bits per heavy atom. The number of rotatable bonds is 8. The smallest absolute Gasteiger partial charge is 0.255 e. The van der Waals surface area contributed by atoms with E-state index in [1.807, 2.05) is 13.8 Å². The van der Waals surface area contributed by atoms with Gasteiger partial charge in [0.25, 0.3) is 11.8 Å². The van der Waals surface area contributed by atoms with Crippen LogP contribution in [0.1, 0.15) is 24.2 Å². The van der Waals surface area contributed by atoms with E-state index < -0.39 is 5.91 Å². The zero-order chi connectivity index (χ0) is 15.0. The Balaban J connectivity index is 0.00000400. The number of nitrogens with one attached hydrogen (secondary N) is 2. The summed E-state index contributed by atoms with van der Waals surface area (Å²) in [7, 11) is 0. The fraction of sp³-hybridized carbons (Fsp3) is 0.429. The van der Waals surface area contributed by atoms with Crippen LogP contribution in [0.4, 0.5) is 0 Å². The van der Waals surface area contributed by atoms with Crippen LogP contribution in [0, 0.1) is 0 Å². The van der Waals surface area contributed by atoms with Gasteiger partial charge >= 0.3 is 0 Å². The maximum absolute atomic E-state index is 12.1. The third-order valence-corrected chi connectivity index (χ3v) is 2.62. The summed E-state index contributed by atoms with van der Waals surface area (Å²) in [5.41, 5.74) is 5.41. The molecule has 7 heteroatoms. The summed E-state index contributed by atoms with van der Waals surface area (Å²) in [6, 6.07) is 6.92. The molecule has 0 heterocycles. The third kappa shape index (κ3) is 6.97. The van der Waals surface area contributed by atoms with Crippen LogP contribution in [-0.2, 0) is 4.79 Å². The zero-order valence-corrected chi connectivity index (χ0v) is 13.0. The summed E-state index contributed by atoms with van der Waals surface area (Å²) in [4.78, 5) is 22.8. The Morgan fingerprint density at radius 2 is 2.00 bits per heavy atom. The van der Waals surface area contributed by atoms with Crippen molar-refractivity contribution >= 4 is 24.2 Å². The Hall–Kier alpha value is -1.79. The van der Waals surface area contributed by atoms with Gasteiger partial charge in [-0.15, -0.1) is 12.4 Å². The van der Waals surface area contributed by atoms with E-state index in [-0.39, 0.29) is 31.0 Å². The lowest BCUT2D eigenvalue weighted by molar-refractivity contribution is -0.119. The number of benzene rings is 1. The van der Waals surface area contributed by atoms with Gasteiger partial charge in [0.15, 0.2) is 6.61 Å². The number of likely N-dealkylation sites (N-methyl/N-ethyl adjacent to an activating group) is 1. The largest absolute Gasteiger partial charge is 0.483 e. The lowest BCUT2D eigenvalue weighted by atomic mass is 10.2. The van der Waals surface area contributed by atoms with Gasteiger partial charge in [-0.25, -0.2) is 0 Å². The average molecular weight is 316 g/mol. The second-order valence-electron chi connectivity index (χ2n) is 4.42. The zero-order valence-electron chi connectivity index (χ0n) is 12.2. The molecule has 1 atom stereocenters. The maximum Gasteiger partial charge on any atom is 0.255 e. The van der Waals surface area contributed by atoms with Crippen molar-refractivity contribution in [3.63, 3.8) is 0 Å². The molecule has 0 aromatic heterocycles. The van der Waals surface area contributed by atoms with Crippen molar-refractivity contribution in [2.45, 2.75) is 19.9 Å². The van der Waals surface area contributed by atoms with Gasteiger partial charge in [0.2, 0.25) is 0 Å². The second kappa shape index (κ2) is 10.0. The molecule has 4 N–H and O–H groups in total. The summed E-state index contributed by atoms with van der Waals surface area (Å²) in [5.74, 6) is -0.476. The number of ether oxygens (including phenoxy) is 1. The van der Waals surface area contributed by atoms with Crippen molar-refractivity contribution in [3.8, 4) is 5.75 Å². The first-order chi connectivity index (χ1) is 9.54. The molecule has 0 spiro atoms. The molecule has 2 amide bonds. The molecule has 0 radical (unpaired) electrons. The van der Waals surface area contributed by atoms with E-state index in [2.05, 4.69) is 10.6 Å². The van der Waals surface area contributed by atoms with Gasteiger partial charge in [-0.2, -0.15) is 0 Å². The Labute approximate surface area is 130 Å². The number of amides is 2. The van der Waals surface area contributed by atoms with Gasteiger partial charge in [0.05, 0.1) is 5.56 Å². The molecule has 21 heavy (non-hydrogen) atoms. The van der Waals surface area contributed by atoms with E-state index in [1.54, 1.807) is 24.3 Å². The Morgan fingerprint density at radius 3 is 2.62 bits per heavy atom. The molecule has 0 fully saturated rings. The molecular weight excluding hydrogens is 294 g/mol. The minimum absolute atomic E-state index is 0. The minimum atomic E-state index is -0.582. The standard InChI is InChI=1S/C14H21N3O3.ClH/c1-3-16-10(2)8-17-14(19)11-6-4-5-7-12(11)20-9-13(15)18;/h4-7,10,16H,3,8-9H2,1-2H3,(H2,15,18)(H,17,19);1H/t10-;/m1./s1. The fourth-order valence-electron chi connectivity index (χ4n) is 1.69. The molecule has 1 rings (SSSR count). The van der Waals surface area contributed by atoms with Crippen molar-refractivity contribution in [1.29, 1.82) is 0 Å². The van der Waals surface area contributed by atoms with E-state index in [4.69, 9.17) is 10.5 Å². The fourth-order valence-corrected chi connectivity index (χ4v) is 1.69. The van der Waals surface area contributed by atoms with Gasteiger partial charge in [0, 0.05) is 12.6 Å².